The lowest BCUT2D eigenvalue weighted by Gasteiger charge is -2.23. The molecule has 0 aromatic carbocycles. The first-order valence-electron chi connectivity index (χ1n) is 5.05. The van der Waals surface area contributed by atoms with Crippen LogP contribution in [0.4, 0.5) is 0 Å². The van der Waals surface area contributed by atoms with E-state index in [4.69, 9.17) is 5.73 Å². The molecule has 0 spiro atoms. The molecule has 1 aliphatic heterocycles. The molecule has 1 aromatic rings. The maximum absolute atomic E-state index is 11.6. The molecule has 2 atom stereocenters. The number of amides is 2. The van der Waals surface area contributed by atoms with E-state index < -0.39 is 11.8 Å². The number of aryl methyl sites for hydroxylation is 1. The Hall–Kier alpha value is -1.85. The normalized spacial score (nSPS) is 25.1. The van der Waals surface area contributed by atoms with Gasteiger partial charge in [0, 0.05) is 26.7 Å². The first-order chi connectivity index (χ1) is 7.52. The molecule has 0 aliphatic carbocycles. The molecule has 0 radical (unpaired) electrons. The summed E-state index contributed by atoms with van der Waals surface area (Å²) in [4.78, 5) is 24.5. The maximum Gasteiger partial charge on any atom is 0.223 e. The highest BCUT2D eigenvalue weighted by Crippen LogP contribution is 2.36. The fourth-order valence-electron chi connectivity index (χ4n) is 2.20. The molecule has 6 nitrogen and oxygen atoms in total. The zero-order chi connectivity index (χ0) is 11.9. The number of rotatable bonds is 2. The van der Waals surface area contributed by atoms with Crippen LogP contribution in [0.1, 0.15) is 18.2 Å². The van der Waals surface area contributed by atoms with E-state index in [1.807, 2.05) is 0 Å². The molecule has 86 valence electrons. The third kappa shape index (κ3) is 1.46. The van der Waals surface area contributed by atoms with Gasteiger partial charge in [0.15, 0.2) is 0 Å². The minimum absolute atomic E-state index is 0.0602. The predicted molar refractivity (Wildman–Crippen MR) is 56.0 cm³/mol. The van der Waals surface area contributed by atoms with E-state index in [9.17, 15) is 9.59 Å². The summed E-state index contributed by atoms with van der Waals surface area (Å²) >= 11 is 0. The van der Waals surface area contributed by atoms with Gasteiger partial charge in [0.1, 0.15) is 0 Å². The summed E-state index contributed by atoms with van der Waals surface area (Å²) in [6.07, 6.45) is 1.83. The summed E-state index contributed by atoms with van der Waals surface area (Å²) in [5, 5.41) is 4.04. The molecule has 1 aromatic heterocycles. The highest BCUT2D eigenvalue weighted by molar-refractivity contribution is 5.89. The third-order valence-electron chi connectivity index (χ3n) is 3.11. The molecular weight excluding hydrogens is 208 g/mol. The number of nitrogens with two attached hydrogens (primary N) is 1. The molecular formula is C10H14N4O2. The van der Waals surface area contributed by atoms with E-state index in [0.29, 0.717) is 0 Å². The molecule has 0 saturated carbocycles. The lowest BCUT2D eigenvalue weighted by Crippen LogP contribution is -2.31. The average Bonchev–Trinajstić information content (AvgIpc) is 2.73. The highest BCUT2D eigenvalue weighted by atomic mass is 16.2. The Labute approximate surface area is 93.0 Å². The molecule has 2 heterocycles. The minimum atomic E-state index is -0.465. The second-order valence-electron chi connectivity index (χ2n) is 4.04. The molecule has 16 heavy (non-hydrogen) atoms. The van der Waals surface area contributed by atoms with Gasteiger partial charge < -0.3 is 10.6 Å². The van der Waals surface area contributed by atoms with Gasteiger partial charge in [-0.3, -0.25) is 14.3 Å². The topological polar surface area (TPSA) is 81.2 Å². The van der Waals surface area contributed by atoms with Crippen molar-refractivity contribution >= 4 is 11.8 Å². The Morgan fingerprint density at radius 3 is 2.75 bits per heavy atom. The summed E-state index contributed by atoms with van der Waals surface area (Å²) in [7, 11) is 3.47. The van der Waals surface area contributed by atoms with Crippen molar-refractivity contribution in [1.29, 1.82) is 0 Å². The van der Waals surface area contributed by atoms with Gasteiger partial charge in [-0.2, -0.15) is 5.10 Å². The summed E-state index contributed by atoms with van der Waals surface area (Å²) < 4.78 is 1.66. The quantitative estimate of drug-likeness (QED) is 0.727. The van der Waals surface area contributed by atoms with Gasteiger partial charge in [-0.1, -0.05) is 0 Å². The Morgan fingerprint density at radius 2 is 2.25 bits per heavy atom. The fraction of sp³-hybridized carbons (Fsp3) is 0.500. The van der Waals surface area contributed by atoms with Crippen LogP contribution in [0.5, 0.6) is 0 Å². The van der Waals surface area contributed by atoms with Crippen molar-refractivity contribution in [1.82, 2.24) is 14.7 Å². The van der Waals surface area contributed by atoms with Crippen LogP contribution in [0.15, 0.2) is 12.3 Å². The van der Waals surface area contributed by atoms with Crippen molar-refractivity contribution in [3.05, 3.63) is 18.0 Å². The Morgan fingerprint density at radius 1 is 1.56 bits per heavy atom. The molecule has 2 N–H and O–H groups in total. The highest BCUT2D eigenvalue weighted by Gasteiger charge is 2.42. The van der Waals surface area contributed by atoms with Crippen molar-refractivity contribution in [2.45, 2.75) is 12.5 Å². The summed E-state index contributed by atoms with van der Waals surface area (Å²) in [5.74, 6) is -0.966. The fourth-order valence-corrected chi connectivity index (χ4v) is 2.20. The second kappa shape index (κ2) is 3.62. The van der Waals surface area contributed by atoms with Gasteiger partial charge in [-0.15, -0.1) is 0 Å². The van der Waals surface area contributed by atoms with E-state index in [2.05, 4.69) is 5.10 Å². The number of carbonyl (C=O) groups is 2. The summed E-state index contributed by atoms with van der Waals surface area (Å²) in [5.41, 5.74) is 6.15. The largest absolute Gasteiger partial charge is 0.369 e. The van der Waals surface area contributed by atoms with Gasteiger partial charge >= 0.3 is 0 Å². The van der Waals surface area contributed by atoms with Crippen LogP contribution < -0.4 is 5.73 Å². The summed E-state index contributed by atoms with van der Waals surface area (Å²) in [6, 6.07) is 1.51. The zero-order valence-corrected chi connectivity index (χ0v) is 9.25. The number of hydrogen-bond acceptors (Lipinski definition) is 3. The number of hydrogen-bond donors (Lipinski definition) is 1. The molecule has 0 bridgehead atoms. The van der Waals surface area contributed by atoms with Crippen LogP contribution >= 0.6 is 0 Å². The van der Waals surface area contributed by atoms with Crippen LogP contribution in [0.25, 0.3) is 0 Å². The average molecular weight is 222 g/mol. The van der Waals surface area contributed by atoms with Crippen LogP contribution in [-0.2, 0) is 16.6 Å². The molecule has 6 heteroatoms. The van der Waals surface area contributed by atoms with Gasteiger partial charge in [0.2, 0.25) is 11.8 Å². The smallest absolute Gasteiger partial charge is 0.223 e. The van der Waals surface area contributed by atoms with Gasteiger partial charge in [-0.25, -0.2) is 0 Å². The van der Waals surface area contributed by atoms with E-state index in [-0.39, 0.29) is 18.4 Å². The van der Waals surface area contributed by atoms with E-state index in [0.717, 1.165) is 5.69 Å². The molecule has 1 saturated heterocycles. The second-order valence-corrected chi connectivity index (χ2v) is 4.04. The first-order valence-corrected chi connectivity index (χ1v) is 5.05. The van der Waals surface area contributed by atoms with Crippen molar-refractivity contribution in [2.75, 3.05) is 7.05 Å². The minimum Gasteiger partial charge on any atom is -0.369 e. The van der Waals surface area contributed by atoms with Gasteiger partial charge in [0.05, 0.1) is 17.7 Å². The van der Waals surface area contributed by atoms with Crippen molar-refractivity contribution in [3.63, 3.8) is 0 Å². The number of nitrogens with zero attached hydrogens (tertiary/aromatic N) is 3. The molecule has 1 aliphatic rings. The SMILES string of the molecule is CN1C(=O)C[C@H](C(N)=O)[C@@H]1c1ccnn1C. The monoisotopic (exact) mass is 222 g/mol. The molecule has 1 fully saturated rings. The van der Waals surface area contributed by atoms with E-state index in [1.54, 1.807) is 35.9 Å². The number of likely N-dealkylation sites (tertiary alicyclic amines) is 1. The first kappa shape index (κ1) is 10.7. The lowest BCUT2D eigenvalue weighted by atomic mass is 9.97. The molecule has 0 unspecified atom stereocenters. The summed E-state index contributed by atoms with van der Waals surface area (Å²) in [6.45, 7) is 0. The van der Waals surface area contributed by atoms with Crippen LogP contribution in [0.2, 0.25) is 0 Å². The standard InChI is InChI=1S/C10H14N4O2/c1-13-8(15)5-6(10(11)16)9(13)7-3-4-12-14(7)2/h3-4,6,9H,5H2,1-2H3,(H2,11,16)/t6-,9+/m0/s1. The van der Waals surface area contributed by atoms with Crippen molar-refractivity contribution < 1.29 is 9.59 Å². The van der Waals surface area contributed by atoms with Gasteiger partial charge in [-0.05, 0) is 6.07 Å². The number of aromatic nitrogens is 2. The molecule has 2 rings (SSSR count). The van der Waals surface area contributed by atoms with Crippen LogP contribution in [0.3, 0.4) is 0 Å². The zero-order valence-electron chi connectivity index (χ0n) is 9.25. The maximum atomic E-state index is 11.6. The Balaban J connectivity index is 2.40. The van der Waals surface area contributed by atoms with E-state index in [1.165, 1.54) is 0 Å². The molecule has 2 amide bonds. The van der Waals surface area contributed by atoms with Crippen LogP contribution in [0, 0.1) is 5.92 Å². The lowest BCUT2D eigenvalue weighted by molar-refractivity contribution is -0.128. The Kier molecular flexibility index (Phi) is 2.41. The third-order valence-corrected chi connectivity index (χ3v) is 3.11. The number of primary amides is 1. The van der Waals surface area contributed by atoms with Crippen LogP contribution in [-0.4, -0.2) is 33.5 Å². The number of carbonyl (C=O) groups excluding carboxylic acids is 2. The van der Waals surface area contributed by atoms with Crippen molar-refractivity contribution in [3.8, 4) is 0 Å². The Bertz CT molecular complexity index is 440. The van der Waals surface area contributed by atoms with Crippen molar-refractivity contribution in [2.24, 2.45) is 18.7 Å². The van der Waals surface area contributed by atoms with Gasteiger partial charge in [0.25, 0.3) is 0 Å². The van der Waals surface area contributed by atoms with E-state index >= 15 is 0 Å². The predicted octanol–water partition coefficient (Wildman–Crippen LogP) is -0.575.